The van der Waals surface area contributed by atoms with Crippen LogP contribution >= 0.6 is 15.9 Å². The van der Waals surface area contributed by atoms with Gasteiger partial charge in [-0.1, -0.05) is 34.1 Å². The predicted octanol–water partition coefficient (Wildman–Crippen LogP) is 1.83. The summed E-state index contributed by atoms with van der Waals surface area (Å²) in [4.78, 5) is 11.6. The highest BCUT2D eigenvalue weighted by molar-refractivity contribution is 9.08. The Hall–Kier alpha value is -1.62. The first-order valence-electron chi connectivity index (χ1n) is 4.66. The molecule has 0 fully saturated rings. The van der Waals surface area contributed by atoms with Gasteiger partial charge in [-0.3, -0.25) is 4.79 Å². The second-order valence-electron chi connectivity index (χ2n) is 3.20. The van der Waals surface area contributed by atoms with E-state index in [-0.39, 0.29) is 11.3 Å². The summed E-state index contributed by atoms with van der Waals surface area (Å²) < 4.78 is 1.26. The van der Waals surface area contributed by atoms with E-state index in [1.807, 2.05) is 18.2 Å². The lowest BCUT2D eigenvalue weighted by molar-refractivity contribution is 0.460. The molecule has 0 radical (unpaired) electrons. The third kappa shape index (κ3) is 1.99. The van der Waals surface area contributed by atoms with E-state index in [1.54, 1.807) is 12.1 Å². The lowest BCUT2D eigenvalue weighted by Gasteiger charge is -2.06. The van der Waals surface area contributed by atoms with Gasteiger partial charge in [-0.15, -0.1) is 0 Å². The van der Waals surface area contributed by atoms with Gasteiger partial charge in [0.05, 0.1) is 11.0 Å². The van der Waals surface area contributed by atoms with Crippen molar-refractivity contribution >= 4 is 15.9 Å². The van der Waals surface area contributed by atoms with Crippen LogP contribution in [0.2, 0.25) is 0 Å². The molecule has 1 N–H and O–H groups in total. The Morgan fingerprint density at radius 2 is 2.00 bits per heavy atom. The molecular weight excluding hydrogens is 272 g/mol. The van der Waals surface area contributed by atoms with Crippen LogP contribution in [0, 0.1) is 0 Å². The molecule has 0 saturated carbocycles. The molecular formula is C11H9BrN2O2. The standard InChI is InChI=1S/C11H9BrN2O2/c12-7-9-10(15)6-11(16)14(13-9)8-4-2-1-3-5-8/h1-6,15H,7H2. The summed E-state index contributed by atoms with van der Waals surface area (Å²) in [7, 11) is 0. The molecule has 1 heterocycles. The van der Waals surface area contributed by atoms with E-state index in [0.717, 1.165) is 6.07 Å². The molecule has 0 aliphatic carbocycles. The summed E-state index contributed by atoms with van der Waals surface area (Å²) in [6.45, 7) is 0. The smallest absolute Gasteiger partial charge is 0.275 e. The van der Waals surface area contributed by atoms with Gasteiger partial charge >= 0.3 is 0 Å². The molecule has 0 aliphatic heterocycles. The zero-order valence-electron chi connectivity index (χ0n) is 8.30. The largest absolute Gasteiger partial charge is 0.506 e. The fourth-order valence-electron chi connectivity index (χ4n) is 1.33. The zero-order valence-corrected chi connectivity index (χ0v) is 9.89. The number of para-hydroxylation sites is 1. The van der Waals surface area contributed by atoms with E-state index >= 15 is 0 Å². The van der Waals surface area contributed by atoms with Crippen LogP contribution in [-0.4, -0.2) is 14.9 Å². The Labute approximate surface area is 100 Å². The minimum Gasteiger partial charge on any atom is -0.506 e. The van der Waals surface area contributed by atoms with Gasteiger partial charge in [0.1, 0.15) is 11.4 Å². The van der Waals surface area contributed by atoms with Gasteiger partial charge in [0, 0.05) is 6.07 Å². The molecule has 0 saturated heterocycles. The second kappa shape index (κ2) is 4.49. The van der Waals surface area contributed by atoms with Crippen molar-refractivity contribution in [2.24, 2.45) is 0 Å². The van der Waals surface area contributed by atoms with Crippen LogP contribution in [0.4, 0.5) is 0 Å². The van der Waals surface area contributed by atoms with Crippen molar-refractivity contribution in [3.05, 3.63) is 52.4 Å². The molecule has 0 spiro atoms. The van der Waals surface area contributed by atoms with E-state index in [4.69, 9.17) is 0 Å². The van der Waals surface area contributed by atoms with Crippen molar-refractivity contribution in [1.29, 1.82) is 0 Å². The molecule has 1 aromatic heterocycles. The van der Waals surface area contributed by atoms with Crippen molar-refractivity contribution in [2.45, 2.75) is 5.33 Å². The zero-order chi connectivity index (χ0) is 11.5. The average molecular weight is 281 g/mol. The summed E-state index contributed by atoms with van der Waals surface area (Å²) >= 11 is 3.20. The Morgan fingerprint density at radius 1 is 1.31 bits per heavy atom. The molecule has 4 nitrogen and oxygen atoms in total. The number of aromatic nitrogens is 2. The van der Waals surface area contributed by atoms with Gasteiger partial charge in [-0.2, -0.15) is 9.78 Å². The molecule has 82 valence electrons. The summed E-state index contributed by atoms with van der Waals surface area (Å²) in [6.07, 6.45) is 0. The summed E-state index contributed by atoms with van der Waals surface area (Å²) in [5.41, 5.74) is 0.756. The van der Waals surface area contributed by atoms with Crippen molar-refractivity contribution in [2.75, 3.05) is 0 Å². The first kappa shape index (κ1) is 10.9. The molecule has 0 bridgehead atoms. The van der Waals surface area contributed by atoms with Crippen molar-refractivity contribution in [3.8, 4) is 11.4 Å². The number of aromatic hydroxyl groups is 1. The predicted molar refractivity (Wildman–Crippen MR) is 64.1 cm³/mol. The van der Waals surface area contributed by atoms with Gasteiger partial charge in [-0.05, 0) is 12.1 Å². The fourth-order valence-corrected chi connectivity index (χ4v) is 1.73. The van der Waals surface area contributed by atoms with Crippen LogP contribution in [0.5, 0.6) is 5.75 Å². The molecule has 1 aromatic carbocycles. The number of rotatable bonds is 2. The van der Waals surface area contributed by atoms with Crippen molar-refractivity contribution < 1.29 is 5.11 Å². The maximum absolute atomic E-state index is 11.6. The Balaban J connectivity index is 2.62. The van der Waals surface area contributed by atoms with Crippen LogP contribution in [0.15, 0.2) is 41.2 Å². The van der Waals surface area contributed by atoms with Crippen LogP contribution in [-0.2, 0) is 5.33 Å². The maximum atomic E-state index is 11.6. The Kier molecular flexibility index (Phi) is 3.05. The number of alkyl halides is 1. The number of benzene rings is 1. The molecule has 0 aliphatic rings. The van der Waals surface area contributed by atoms with E-state index in [2.05, 4.69) is 21.0 Å². The molecule has 0 amide bonds. The quantitative estimate of drug-likeness (QED) is 0.854. The Bertz CT molecular complexity index is 552. The SMILES string of the molecule is O=c1cc(O)c(CBr)nn1-c1ccccc1. The second-order valence-corrected chi connectivity index (χ2v) is 3.76. The van der Waals surface area contributed by atoms with Gasteiger partial charge < -0.3 is 5.11 Å². The minimum atomic E-state index is -0.353. The molecule has 2 rings (SSSR count). The number of nitrogens with zero attached hydrogens (tertiary/aromatic N) is 2. The van der Waals surface area contributed by atoms with Gasteiger partial charge in [0.15, 0.2) is 0 Å². The normalized spacial score (nSPS) is 10.3. The lowest BCUT2D eigenvalue weighted by Crippen LogP contribution is -2.21. The highest BCUT2D eigenvalue weighted by Crippen LogP contribution is 2.14. The summed E-state index contributed by atoms with van der Waals surface area (Å²) in [6, 6.07) is 10.2. The van der Waals surface area contributed by atoms with E-state index in [9.17, 15) is 9.90 Å². The Morgan fingerprint density at radius 3 is 2.62 bits per heavy atom. The minimum absolute atomic E-state index is 0.0888. The fraction of sp³-hybridized carbons (Fsp3) is 0.0909. The van der Waals surface area contributed by atoms with Gasteiger partial charge in [-0.25, -0.2) is 0 Å². The molecule has 0 atom stereocenters. The van der Waals surface area contributed by atoms with Crippen LogP contribution in [0.25, 0.3) is 5.69 Å². The number of hydrogen-bond acceptors (Lipinski definition) is 3. The lowest BCUT2D eigenvalue weighted by atomic mass is 10.3. The first-order valence-corrected chi connectivity index (χ1v) is 5.78. The summed E-state index contributed by atoms with van der Waals surface area (Å²) in [5, 5.41) is 13.9. The van der Waals surface area contributed by atoms with Crippen LogP contribution in [0.3, 0.4) is 0 Å². The van der Waals surface area contributed by atoms with Gasteiger partial charge in [0.25, 0.3) is 5.56 Å². The third-order valence-corrected chi connectivity index (χ3v) is 2.64. The number of halogens is 1. The highest BCUT2D eigenvalue weighted by atomic mass is 79.9. The summed E-state index contributed by atoms with van der Waals surface area (Å²) in [5.74, 6) is -0.0888. The van der Waals surface area contributed by atoms with Crippen LogP contribution < -0.4 is 5.56 Å². The van der Waals surface area contributed by atoms with Gasteiger partial charge in [0.2, 0.25) is 0 Å². The van der Waals surface area contributed by atoms with E-state index in [1.165, 1.54) is 4.68 Å². The molecule has 0 unspecified atom stereocenters. The van der Waals surface area contributed by atoms with Crippen molar-refractivity contribution in [3.63, 3.8) is 0 Å². The van der Waals surface area contributed by atoms with Crippen molar-refractivity contribution in [1.82, 2.24) is 9.78 Å². The topological polar surface area (TPSA) is 55.1 Å². The molecule has 16 heavy (non-hydrogen) atoms. The van der Waals surface area contributed by atoms with E-state index in [0.29, 0.717) is 16.7 Å². The average Bonchev–Trinajstić information content (AvgIpc) is 2.30. The van der Waals surface area contributed by atoms with E-state index < -0.39 is 0 Å². The number of hydrogen-bond donors (Lipinski definition) is 1. The molecule has 5 heteroatoms. The third-order valence-electron chi connectivity index (χ3n) is 2.11. The molecule has 2 aromatic rings. The maximum Gasteiger partial charge on any atom is 0.275 e. The highest BCUT2D eigenvalue weighted by Gasteiger charge is 2.07. The first-order chi connectivity index (χ1) is 7.72. The van der Waals surface area contributed by atoms with Crippen LogP contribution in [0.1, 0.15) is 5.69 Å². The monoisotopic (exact) mass is 280 g/mol.